The molecule has 0 spiro atoms. The van der Waals surface area contributed by atoms with Crippen molar-refractivity contribution >= 4 is 23.2 Å². The minimum atomic E-state index is -0.675. The van der Waals surface area contributed by atoms with Gasteiger partial charge in [0.25, 0.3) is 0 Å². The topological polar surface area (TPSA) is 94.6 Å². The van der Waals surface area contributed by atoms with Gasteiger partial charge in [-0.3, -0.25) is 9.59 Å². The van der Waals surface area contributed by atoms with Gasteiger partial charge in [0.15, 0.2) is 0 Å². The highest BCUT2D eigenvalue weighted by Gasteiger charge is 2.40. The number of rotatable bonds is 7. The van der Waals surface area contributed by atoms with Crippen molar-refractivity contribution in [2.75, 3.05) is 13.6 Å². The first-order valence-electron chi connectivity index (χ1n) is 9.87. The van der Waals surface area contributed by atoms with Crippen LogP contribution in [-0.4, -0.2) is 58.6 Å². The Bertz CT molecular complexity index is 848. The first-order valence-corrected chi connectivity index (χ1v) is 10.8. The number of likely N-dealkylation sites (N-methyl/N-ethyl adjacent to an activating group) is 1. The van der Waals surface area contributed by atoms with Gasteiger partial charge in [0, 0.05) is 19.5 Å². The molecule has 3 atom stereocenters. The van der Waals surface area contributed by atoms with E-state index in [0.29, 0.717) is 13.0 Å². The van der Waals surface area contributed by atoms with E-state index in [1.54, 1.807) is 18.4 Å². The third kappa shape index (κ3) is 4.83. The molecule has 1 aromatic carbocycles. The van der Waals surface area contributed by atoms with Gasteiger partial charge in [-0.25, -0.2) is 4.98 Å². The molecular formula is C21H28N4O3S. The molecule has 1 fully saturated rings. The summed E-state index contributed by atoms with van der Waals surface area (Å²) in [5, 5.41) is 15.9. The maximum absolute atomic E-state index is 12.7. The molecule has 156 valence electrons. The lowest BCUT2D eigenvalue weighted by Crippen LogP contribution is -2.51. The normalized spacial score (nSPS) is 19.9. The predicted molar refractivity (Wildman–Crippen MR) is 113 cm³/mol. The van der Waals surface area contributed by atoms with Gasteiger partial charge in [-0.2, -0.15) is 0 Å². The van der Waals surface area contributed by atoms with Gasteiger partial charge in [0.05, 0.1) is 28.2 Å². The summed E-state index contributed by atoms with van der Waals surface area (Å²) >= 11 is 1.61. The van der Waals surface area contributed by atoms with E-state index in [0.717, 1.165) is 21.7 Å². The molecule has 0 saturated carbocycles. The molecular weight excluding hydrogens is 388 g/mol. The zero-order chi connectivity index (χ0) is 21.0. The molecule has 0 unspecified atom stereocenters. The Morgan fingerprint density at radius 1 is 1.34 bits per heavy atom. The fraction of sp³-hybridized carbons (Fsp3) is 0.476. The third-order valence-corrected chi connectivity index (χ3v) is 6.33. The number of aryl methyl sites for hydroxylation is 1. The van der Waals surface area contributed by atoms with Crippen LogP contribution in [0.3, 0.4) is 0 Å². The molecule has 2 heterocycles. The third-order valence-electron chi connectivity index (χ3n) is 5.35. The number of nitrogens with zero attached hydrogens (tertiary/aromatic N) is 2. The highest BCUT2D eigenvalue weighted by molar-refractivity contribution is 7.13. The van der Waals surface area contributed by atoms with Crippen molar-refractivity contribution in [2.24, 2.45) is 0 Å². The molecule has 1 aromatic heterocycles. The second kappa shape index (κ2) is 9.47. The van der Waals surface area contributed by atoms with Gasteiger partial charge in [0.1, 0.15) is 6.04 Å². The summed E-state index contributed by atoms with van der Waals surface area (Å²) in [4.78, 5) is 32.3. The van der Waals surface area contributed by atoms with Crippen molar-refractivity contribution in [1.29, 1.82) is 0 Å². The maximum Gasteiger partial charge on any atom is 0.243 e. The summed E-state index contributed by atoms with van der Waals surface area (Å²) in [6, 6.07) is 7.02. The lowest BCUT2D eigenvalue weighted by molar-refractivity contribution is -0.140. The number of benzene rings is 1. The minimum absolute atomic E-state index is 0.143. The van der Waals surface area contributed by atoms with E-state index in [-0.39, 0.29) is 30.8 Å². The Morgan fingerprint density at radius 3 is 2.66 bits per heavy atom. The van der Waals surface area contributed by atoms with Gasteiger partial charge in [-0.05, 0) is 31.5 Å². The van der Waals surface area contributed by atoms with Crippen LogP contribution in [0, 0.1) is 6.92 Å². The van der Waals surface area contributed by atoms with E-state index >= 15 is 0 Å². The first-order chi connectivity index (χ1) is 13.9. The molecule has 1 aliphatic heterocycles. The standard InChI is InChI=1S/C21H28N4O3S/c1-4-17(22-3)21(28)25-11-16(26)9-18(25)20(27)23-10-14-5-7-15(8-6-14)19-13(2)24-12-29-19/h5-8,12,16-18,22,26H,4,9-11H2,1-3H3,(H,23,27)/t16-,17-,18+/m1/s1. The molecule has 1 aliphatic rings. The number of carbonyl (C=O) groups is 2. The molecule has 0 radical (unpaired) electrons. The van der Waals surface area contributed by atoms with E-state index in [9.17, 15) is 14.7 Å². The quantitative estimate of drug-likeness (QED) is 0.639. The molecule has 3 N–H and O–H groups in total. The van der Waals surface area contributed by atoms with Crippen molar-refractivity contribution in [2.45, 2.75) is 51.4 Å². The number of hydrogen-bond acceptors (Lipinski definition) is 6. The number of nitrogens with one attached hydrogen (secondary N) is 2. The predicted octanol–water partition coefficient (Wildman–Crippen LogP) is 1.69. The van der Waals surface area contributed by atoms with Crippen molar-refractivity contribution in [3.05, 3.63) is 41.0 Å². The van der Waals surface area contributed by atoms with E-state index in [1.165, 1.54) is 4.90 Å². The highest BCUT2D eigenvalue weighted by Crippen LogP contribution is 2.27. The second-order valence-electron chi connectivity index (χ2n) is 7.33. The molecule has 29 heavy (non-hydrogen) atoms. The largest absolute Gasteiger partial charge is 0.391 e. The Hall–Kier alpha value is -2.29. The fourth-order valence-corrected chi connectivity index (χ4v) is 4.48. The van der Waals surface area contributed by atoms with E-state index in [2.05, 4.69) is 15.6 Å². The second-order valence-corrected chi connectivity index (χ2v) is 8.18. The van der Waals surface area contributed by atoms with Crippen LogP contribution >= 0.6 is 11.3 Å². The Balaban J connectivity index is 1.62. The number of β-amino-alcohol motifs (C(OH)–C–C–N with tert-alkyl or cyclic N) is 1. The van der Waals surface area contributed by atoms with Gasteiger partial charge >= 0.3 is 0 Å². The van der Waals surface area contributed by atoms with Crippen molar-refractivity contribution in [3.63, 3.8) is 0 Å². The fourth-order valence-electron chi connectivity index (χ4n) is 3.67. The number of likely N-dealkylation sites (tertiary alicyclic amines) is 1. The zero-order valence-corrected chi connectivity index (χ0v) is 17.8. The van der Waals surface area contributed by atoms with Crippen LogP contribution in [0.1, 0.15) is 31.0 Å². The minimum Gasteiger partial charge on any atom is -0.391 e. The van der Waals surface area contributed by atoms with Gasteiger partial charge in [-0.1, -0.05) is 31.2 Å². The Labute approximate surface area is 175 Å². The average Bonchev–Trinajstić information content (AvgIpc) is 3.33. The summed E-state index contributed by atoms with van der Waals surface area (Å²) in [7, 11) is 1.73. The molecule has 1 saturated heterocycles. The van der Waals surface area contributed by atoms with Crippen molar-refractivity contribution < 1.29 is 14.7 Å². The van der Waals surface area contributed by atoms with Crippen LogP contribution in [0.5, 0.6) is 0 Å². The molecule has 2 aromatic rings. The number of aromatic nitrogens is 1. The Kier molecular flexibility index (Phi) is 7.00. The van der Waals surface area contributed by atoms with Gasteiger partial charge in [-0.15, -0.1) is 11.3 Å². The average molecular weight is 417 g/mol. The van der Waals surface area contributed by atoms with E-state index in [4.69, 9.17) is 0 Å². The number of amides is 2. The molecule has 2 amide bonds. The molecule has 3 rings (SSSR count). The number of aliphatic hydroxyl groups excluding tert-OH is 1. The zero-order valence-electron chi connectivity index (χ0n) is 17.0. The molecule has 0 bridgehead atoms. The smallest absolute Gasteiger partial charge is 0.243 e. The van der Waals surface area contributed by atoms with Crippen LogP contribution < -0.4 is 10.6 Å². The highest BCUT2D eigenvalue weighted by atomic mass is 32.1. The number of aliphatic hydroxyl groups is 1. The number of hydrogen-bond donors (Lipinski definition) is 3. The molecule has 8 heteroatoms. The van der Waals surface area contributed by atoms with Crippen LogP contribution in [0.4, 0.5) is 0 Å². The van der Waals surface area contributed by atoms with Gasteiger partial charge in [0.2, 0.25) is 11.8 Å². The SMILES string of the molecule is CC[C@@H](NC)C(=O)N1C[C@H](O)C[C@H]1C(=O)NCc1ccc(-c2scnc2C)cc1. The number of thiazole rings is 1. The van der Waals surface area contributed by atoms with Crippen LogP contribution in [-0.2, 0) is 16.1 Å². The molecule has 0 aliphatic carbocycles. The molecule has 7 nitrogen and oxygen atoms in total. The first kappa shape index (κ1) is 21.4. The summed E-state index contributed by atoms with van der Waals surface area (Å²) < 4.78 is 0. The van der Waals surface area contributed by atoms with Crippen molar-refractivity contribution in [3.8, 4) is 10.4 Å². The lowest BCUT2D eigenvalue weighted by atomic mass is 10.1. The van der Waals surface area contributed by atoms with E-state index < -0.39 is 12.1 Å². The van der Waals surface area contributed by atoms with Gasteiger partial charge < -0.3 is 20.6 Å². The summed E-state index contributed by atoms with van der Waals surface area (Å²) in [5.74, 6) is -0.376. The maximum atomic E-state index is 12.7. The monoisotopic (exact) mass is 416 g/mol. The number of carbonyl (C=O) groups excluding carboxylic acids is 2. The lowest BCUT2D eigenvalue weighted by Gasteiger charge is -2.27. The summed E-state index contributed by atoms with van der Waals surface area (Å²) in [5.41, 5.74) is 4.92. The van der Waals surface area contributed by atoms with Crippen molar-refractivity contribution in [1.82, 2.24) is 20.5 Å². The van der Waals surface area contributed by atoms with Crippen LogP contribution in [0.2, 0.25) is 0 Å². The summed E-state index contributed by atoms with van der Waals surface area (Å²) in [6.07, 6.45) is 0.217. The van der Waals surface area contributed by atoms with Crippen LogP contribution in [0.25, 0.3) is 10.4 Å². The van der Waals surface area contributed by atoms with E-state index in [1.807, 2.05) is 43.6 Å². The Morgan fingerprint density at radius 2 is 2.07 bits per heavy atom. The van der Waals surface area contributed by atoms with Crippen LogP contribution in [0.15, 0.2) is 29.8 Å². The summed E-state index contributed by atoms with van der Waals surface area (Å²) in [6.45, 7) is 4.47.